The number of hydrogen-bond donors (Lipinski definition) is 1. The van der Waals surface area contributed by atoms with Gasteiger partial charge in [0, 0.05) is 26.1 Å². The van der Waals surface area contributed by atoms with Crippen LogP contribution in [-0.2, 0) is 9.53 Å². The van der Waals surface area contributed by atoms with Crippen molar-refractivity contribution in [2.45, 2.75) is 38.6 Å². The minimum atomic E-state index is -0.728. The van der Waals surface area contributed by atoms with E-state index in [1.165, 1.54) is 0 Å². The first kappa shape index (κ1) is 11.9. The molecule has 0 aliphatic carbocycles. The third-order valence-electron chi connectivity index (χ3n) is 4.56. The Balaban J connectivity index is 2.06. The summed E-state index contributed by atoms with van der Waals surface area (Å²) in [6.07, 6.45) is 2.90. The van der Waals surface area contributed by atoms with Gasteiger partial charge in [-0.1, -0.05) is 13.8 Å². The van der Waals surface area contributed by atoms with Gasteiger partial charge in [0.05, 0.1) is 6.61 Å². The highest BCUT2D eigenvalue weighted by atomic mass is 16.5. The molecular weight excluding hydrogens is 206 g/mol. The van der Waals surface area contributed by atoms with Crippen LogP contribution in [0.5, 0.6) is 0 Å². The van der Waals surface area contributed by atoms with E-state index in [2.05, 4.69) is 18.7 Å². The number of carbonyl (C=O) groups is 1. The molecule has 1 unspecified atom stereocenters. The molecule has 0 aromatic heterocycles. The van der Waals surface area contributed by atoms with Gasteiger partial charge in [0.2, 0.25) is 0 Å². The van der Waals surface area contributed by atoms with Crippen LogP contribution in [0.1, 0.15) is 33.1 Å². The first-order valence-corrected chi connectivity index (χ1v) is 6.15. The minimum Gasteiger partial charge on any atom is -0.480 e. The lowest BCUT2D eigenvalue weighted by molar-refractivity contribution is -0.164. The largest absolute Gasteiger partial charge is 0.480 e. The van der Waals surface area contributed by atoms with E-state index in [0.717, 1.165) is 25.9 Å². The molecular formula is C12H21NO3. The highest BCUT2D eigenvalue weighted by Crippen LogP contribution is 2.43. The summed E-state index contributed by atoms with van der Waals surface area (Å²) in [5.41, 5.74) is -0.376. The van der Waals surface area contributed by atoms with Gasteiger partial charge in [-0.2, -0.15) is 0 Å². The van der Waals surface area contributed by atoms with Crippen LogP contribution in [0.3, 0.4) is 0 Å². The Hall–Kier alpha value is -0.610. The molecule has 0 aromatic carbocycles. The summed E-state index contributed by atoms with van der Waals surface area (Å²) in [5, 5.41) is 9.39. The van der Waals surface area contributed by atoms with E-state index >= 15 is 0 Å². The fourth-order valence-corrected chi connectivity index (χ4v) is 2.87. The molecule has 4 heteroatoms. The maximum atomic E-state index is 11.4. The predicted octanol–water partition coefficient (Wildman–Crippen LogP) is 1.35. The van der Waals surface area contributed by atoms with E-state index < -0.39 is 11.5 Å². The summed E-state index contributed by atoms with van der Waals surface area (Å²) in [6, 6.07) is 0. The van der Waals surface area contributed by atoms with Crippen molar-refractivity contribution < 1.29 is 14.6 Å². The van der Waals surface area contributed by atoms with Crippen molar-refractivity contribution in [2.75, 3.05) is 26.3 Å². The van der Waals surface area contributed by atoms with Gasteiger partial charge in [-0.15, -0.1) is 0 Å². The van der Waals surface area contributed by atoms with E-state index in [0.29, 0.717) is 25.0 Å². The molecule has 0 spiro atoms. The summed E-state index contributed by atoms with van der Waals surface area (Å²) in [4.78, 5) is 13.5. The highest BCUT2D eigenvalue weighted by molar-refractivity contribution is 5.79. The molecule has 0 radical (unpaired) electrons. The van der Waals surface area contributed by atoms with Crippen LogP contribution in [-0.4, -0.2) is 47.8 Å². The summed E-state index contributed by atoms with van der Waals surface area (Å²) in [6.45, 7) is 7.14. The number of carboxylic acids is 1. The minimum absolute atomic E-state index is 0.352. The molecule has 92 valence electrons. The monoisotopic (exact) mass is 227 g/mol. The lowest BCUT2D eigenvalue weighted by Gasteiger charge is -2.55. The molecule has 2 aliphatic rings. The Bertz CT molecular complexity index is 272. The zero-order chi connectivity index (χ0) is 11.8. The van der Waals surface area contributed by atoms with E-state index in [1.807, 2.05) is 0 Å². The van der Waals surface area contributed by atoms with Crippen LogP contribution in [0.25, 0.3) is 0 Å². The zero-order valence-electron chi connectivity index (χ0n) is 10.2. The fourth-order valence-electron chi connectivity index (χ4n) is 2.87. The van der Waals surface area contributed by atoms with Crippen molar-refractivity contribution in [1.82, 2.24) is 4.90 Å². The Kier molecular flexibility index (Phi) is 2.97. The maximum Gasteiger partial charge on any atom is 0.326 e. The molecule has 16 heavy (non-hydrogen) atoms. The van der Waals surface area contributed by atoms with Crippen molar-refractivity contribution in [3.8, 4) is 0 Å². The van der Waals surface area contributed by atoms with Crippen LogP contribution in [0.15, 0.2) is 0 Å². The predicted molar refractivity (Wildman–Crippen MR) is 60.4 cm³/mol. The van der Waals surface area contributed by atoms with E-state index in [4.69, 9.17) is 4.74 Å². The zero-order valence-corrected chi connectivity index (χ0v) is 10.2. The second-order valence-corrected chi connectivity index (χ2v) is 5.20. The molecule has 2 fully saturated rings. The van der Waals surface area contributed by atoms with Crippen molar-refractivity contribution in [3.05, 3.63) is 0 Å². The lowest BCUT2D eigenvalue weighted by atomic mass is 9.72. The second-order valence-electron chi connectivity index (χ2n) is 5.20. The summed E-state index contributed by atoms with van der Waals surface area (Å²) in [7, 11) is 0. The number of nitrogens with zero attached hydrogens (tertiary/aromatic N) is 1. The van der Waals surface area contributed by atoms with E-state index in [-0.39, 0.29) is 0 Å². The van der Waals surface area contributed by atoms with Crippen molar-refractivity contribution >= 4 is 5.97 Å². The average Bonchev–Trinajstić information content (AvgIpc) is 2.68. The van der Waals surface area contributed by atoms with Crippen molar-refractivity contribution in [1.29, 1.82) is 0 Å². The highest BCUT2D eigenvalue weighted by Gasteiger charge is 2.55. The summed E-state index contributed by atoms with van der Waals surface area (Å²) >= 11 is 0. The second kappa shape index (κ2) is 4.00. The van der Waals surface area contributed by atoms with Crippen molar-refractivity contribution in [3.63, 3.8) is 0 Å². The van der Waals surface area contributed by atoms with Gasteiger partial charge >= 0.3 is 5.97 Å². The number of likely N-dealkylation sites (tertiary alicyclic amines) is 1. The lowest BCUT2D eigenvalue weighted by Crippen LogP contribution is -2.68. The topological polar surface area (TPSA) is 49.8 Å². The van der Waals surface area contributed by atoms with Crippen LogP contribution in [0.4, 0.5) is 0 Å². The maximum absolute atomic E-state index is 11.4. The molecule has 2 rings (SSSR count). The van der Waals surface area contributed by atoms with Crippen LogP contribution >= 0.6 is 0 Å². The summed E-state index contributed by atoms with van der Waals surface area (Å²) < 4.78 is 5.29. The number of hydrogen-bond acceptors (Lipinski definition) is 3. The average molecular weight is 227 g/mol. The van der Waals surface area contributed by atoms with Gasteiger partial charge in [0.1, 0.15) is 5.54 Å². The number of ether oxygens (including phenoxy) is 1. The molecule has 1 atom stereocenters. The Morgan fingerprint density at radius 3 is 2.38 bits per heavy atom. The Morgan fingerprint density at radius 1 is 1.38 bits per heavy atom. The third-order valence-corrected chi connectivity index (χ3v) is 4.56. The van der Waals surface area contributed by atoms with Gasteiger partial charge in [-0.3, -0.25) is 9.69 Å². The van der Waals surface area contributed by atoms with Crippen LogP contribution in [0.2, 0.25) is 0 Å². The molecule has 0 saturated carbocycles. The van der Waals surface area contributed by atoms with Gasteiger partial charge in [0.15, 0.2) is 0 Å². The van der Waals surface area contributed by atoms with E-state index in [1.54, 1.807) is 0 Å². The molecule has 1 N–H and O–H groups in total. The molecule has 2 saturated heterocycles. The first-order chi connectivity index (χ1) is 7.58. The molecule has 0 bridgehead atoms. The summed E-state index contributed by atoms with van der Waals surface area (Å²) in [5.74, 6) is -0.717. The standard InChI is InChI=1S/C12H21NO3/c1-3-11(4-2)7-13(8-11)12(10(14)15)5-6-16-9-12/h3-9H2,1-2H3,(H,14,15). The smallest absolute Gasteiger partial charge is 0.326 e. The normalized spacial score (nSPS) is 33.6. The number of rotatable bonds is 4. The van der Waals surface area contributed by atoms with E-state index in [9.17, 15) is 9.90 Å². The molecule has 4 nitrogen and oxygen atoms in total. The van der Waals surface area contributed by atoms with Gasteiger partial charge in [-0.25, -0.2) is 0 Å². The quantitative estimate of drug-likeness (QED) is 0.787. The van der Waals surface area contributed by atoms with Gasteiger partial charge < -0.3 is 9.84 Å². The molecule has 2 aliphatic heterocycles. The molecule has 2 heterocycles. The number of aliphatic carboxylic acids is 1. The van der Waals surface area contributed by atoms with Crippen LogP contribution < -0.4 is 0 Å². The van der Waals surface area contributed by atoms with Gasteiger partial charge in [-0.05, 0) is 18.3 Å². The number of carboxylic acid groups (broad SMARTS) is 1. The SMILES string of the molecule is CCC1(CC)CN(C2(C(=O)O)CCOC2)C1. The van der Waals surface area contributed by atoms with Crippen LogP contribution in [0, 0.1) is 5.41 Å². The fraction of sp³-hybridized carbons (Fsp3) is 0.917. The molecule has 0 aromatic rings. The molecule has 0 amide bonds. The van der Waals surface area contributed by atoms with Crippen molar-refractivity contribution in [2.24, 2.45) is 5.41 Å². The first-order valence-electron chi connectivity index (χ1n) is 6.15. The Labute approximate surface area is 96.6 Å². The Morgan fingerprint density at radius 2 is 2.00 bits per heavy atom. The van der Waals surface area contributed by atoms with Gasteiger partial charge in [0.25, 0.3) is 0 Å². The third kappa shape index (κ3) is 1.55.